The number of amides is 1. The van der Waals surface area contributed by atoms with Crippen molar-refractivity contribution in [2.45, 2.75) is 45.6 Å². The molecule has 1 aromatic carbocycles. The van der Waals surface area contributed by atoms with E-state index >= 15 is 0 Å². The van der Waals surface area contributed by atoms with Gasteiger partial charge in [-0.1, -0.05) is 25.0 Å². The lowest BCUT2D eigenvalue weighted by atomic mass is 10.1. The molecular weight excluding hydrogens is 252 g/mol. The normalized spacial score (nSPS) is 15.9. The molecule has 108 valence electrons. The highest BCUT2D eigenvalue weighted by molar-refractivity contribution is 5.85. The topological polar surface area (TPSA) is 50.7 Å². The van der Waals surface area contributed by atoms with Crippen LogP contribution in [0.15, 0.2) is 29.4 Å². The summed E-state index contributed by atoms with van der Waals surface area (Å²) >= 11 is 0. The van der Waals surface area contributed by atoms with Crippen molar-refractivity contribution in [3.05, 3.63) is 29.8 Å². The maximum Gasteiger partial charge on any atom is 0.243 e. The number of carbonyl (C=O) groups is 1. The molecule has 0 saturated heterocycles. The number of hydrogen-bond donors (Lipinski definition) is 1. The maximum absolute atomic E-state index is 11.8. The van der Waals surface area contributed by atoms with Crippen molar-refractivity contribution in [2.24, 2.45) is 11.0 Å². The lowest BCUT2D eigenvalue weighted by molar-refractivity contribution is -0.124. The zero-order valence-corrected chi connectivity index (χ0v) is 12.1. The van der Waals surface area contributed by atoms with Crippen LogP contribution in [-0.2, 0) is 4.79 Å². The van der Waals surface area contributed by atoms with Crippen molar-refractivity contribution in [1.29, 1.82) is 0 Å². The first kappa shape index (κ1) is 14.6. The molecule has 1 aliphatic rings. The highest BCUT2D eigenvalue weighted by atomic mass is 16.5. The van der Waals surface area contributed by atoms with Gasteiger partial charge < -0.3 is 4.74 Å². The van der Waals surface area contributed by atoms with E-state index in [1.807, 2.05) is 38.1 Å². The average Bonchev–Trinajstić information content (AvgIpc) is 2.94. The highest BCUT2D eigenvalue weighted by Gasteiger charge is 2.21. The van der Waals surface area contributed by atoms with Gasteiger partial charge in [0.1, 0.15) is 5.75 Å². The van der Waals surface area contributed by atoms with Crippen LogP contribution in [0.1, 0.15) is 45.1 Å². The molecule has 0 unspecified atom stereocenters. The van der Waals surface area contributed by atoms with Gasteiger partial charge >= 0.3 is 0 Å². The number of nitrogens with one attached hydrogen (secondary N) is 1. The predicted octanol–water partition coefficient (Wildman–Crippen LogP) is 3.11. The molecule has 1 fully saturated rings. The molecule has 0 spiro atoms. The minimum Gasteiger partial charge on any atom is -0.490 e. The van der Waals surface area contributed by atoms with E-state index in [1.165, 1.54) is 0 Å². The monoisotopic (exact) mass is 274 g/mol. The van der Waals surface area contributed by atoms with Crippen LogP contribution in [0.25, 0.3) is 0 Å². The Balaban J connectivity index is 1.95. The number of carbonyl (C=O) groups excluding carboxylic acids is 1. The molecule has 4 heteroatoms. The summed E-state index contributed by atoms with van der Waals surface area (Å²) in [4.78, 5) is 11.8. The summed E-state index contributed by atoms with van der Waals surface area (Å²) in [5, 5.41) is 4.05. The van der Waals surface area contributed by atoms with Crippen molar-refractivity contribution in [3.8, 4) is 5.75 Å². The first-order valence-corrected chi connectivity index (χ1v) is 7.25. The van der Waals surface area contributed by atoms with E-state index in [1.54, 1.807) is 6.21 Å². The molecule has 1 aliphatic carbocycles. The van der Waals surface area contributed by atoms with Crippen LogP contribution < -0.4 is 10.2 Å². The molecular formula is C16H22N2O2. The Labute approximate surface area is 120 Å². The minimum absolute atomic E-state index is 0.0287. The zero-order chi connectivity index (χ0) is 14.4. The van der Waals surface area contributed by atoms with E-state index in [9.17, 15) is 4.79 Å². The van der Waals surface area contributed by atoms with E-state index in [4.69, 9.17) is 4.74 Å². The van der Waals surface area contributed by atoms with Gasteiger partial charge in [0.25, 0.3) is 0 Å². The second kappa shape index (κ2) is 7.08. The molecule has 4 nitrogen and oxygen atoms in total. The molecule has 1 saturated carbocycles. The van der Waals surface area contributed by atoms with E-state index in [2.05, 4.69) is 10.5 Å². The van der Waals surface area contributed by atoms with Crippen LogP contribution in [0.4, 0.5) is 0 Å². The third-order valence-electron chi connectivity index (χ3n) is 3.39. The second-order valence-corrected chi connectivity index (χ2v) is 5.42. The number of ether oxygens (including phenoxy) is 1. The Morgan fingerprint density at radius 3 is 2.75 bits per heavy atom. The number of hydrogen-bond acceptors (Lipinski definition) is 3. The molecule has 0 radical (unpaired) electrons. The molecule has 0 aromatic heterocycles. The minimum atomic E-state index is 0.0287. The lowest BCUT2D eigenvalue weighted by Gasteiger charge is -2.11. The fourth-order valence-electron chi connectivity index (χ4n) is 2.39. The van der Waals surface area contributed by atoms with Gasteiger partial charge in [-0.25, -0.2) is 5.43 Å². The van der Waals surface area contributed by atoms with E-state index in [0.717, 1.165) is 37.0 Å². The van der Waals surface area contributed by atoms with Gasteiger partial charge in [-0.05, 0) is 38.8 Å². The molecule has 1 aromatic rings. The van der Waals surface area contributed by atoms with Crippen LogP contribution in [0.3, 0.4) is 0 Å². The summed E-state index contributed by atoms with van der Waals surface area (Å²) in [5.41, 5.74) is 3.50. The summed E-state index contributed by atoms with van der Waals surface area (Å²) in [6.45, 7) is 3.96. The molecule has 0 heterocycles. The van der Waals surface area contributed by atoms with Gasteiger partial charge in [-0.3, -0.25) is 4.79 Å². The van der Waals surface area contributed by atoms with Gasteiger partial charge in [-0.2, -0.15) is 5.10 Å². The van der Waals surface area contributed by atoms with Crippen LogP contribution in [0.2, 0.25) is 0 Å². The zero-order valence-electron chi connectivity index (χ0n) is 12.1. The summed E-state index contributed by atoms with van der Waals surface area (Å²) < 4.78 is 5.70. The second-order valence-electron chi connectivity index (χ2n) is 5.42. The molecule has 1 amide bonds. The first-order valence-electron chi connectivity index (χ1n) is 7.25. The molecule has 0 aliphatic heterocycles. The van der Waals surface area contributed by atoms with Gasteiger partial charge in [0, 0.05) is 11.5 Å². The van der Waals surface area contributed by atoms with Crippen LogP contribution in [0, 0.1) is 5.92 Å². The fourth-order valence-corrected chi connectivity index (χ4v) is 2.39. The van der Waals surface area contributed by atoms with Crippen molar-refractivity contribution in [3.63, 3.8) is 0 Å². The third kappa shape index (κ3) is 4.08. The number of para-hydroxylation sites is 1. The number of benzene rings is 1. The molecule has 2 rings (SSSR count). The van der Waals surface area contributed by atoms with E-state index in [0.29, 0.717) is 0 Å². The lowest BCUT2D eigenvalue weighted by Crippen LogP contribution is -2.24. The van der Waals surface area contributed by atoms with Crippen molar-refractivity contribution >= 4 is 12.1 Å². The van der Waals surface area contributed by atoms with E-state index < -0.39 is 0 Å². The number of nitrogens with zero attached hydrogens (tertiary/aromatic N) is 1. The van der Waals surface area contributed by atoms with E-state index in [-0.39, 0.29) is 17.9 Å². The van der Waals surface area contributed by atoms with Crippen LogP contribution >= 0.6 is 0 Å². The first-order chi connectivity index (χ1) is 9.66. The van der Waals surface area contributed by atoms with Crippen molar-refractivity contribution in [1.82, 2.24) is 5.43 Å². The highest BCUT2D eigenvalue weighted by Crippen LogP contribution is 2.24. The Kier molecular flexibility index (Phi) is 5.16. The molecule has 20 heavy (non-hydrogen) atoms. The van der Waals surface area contributed by atoms with Gasteiger partial charge in [0.15, 0.2) is 0 Å². The smallest absolute Gasteiger partial charge is 0.243 e. The molecule has 0 bridgehead atoms. The summed E-state index contributed by atoms with van der Waals surface area (Å²) in [7, 11) is 0. The van der Waals surface area contributed by atoms with Gasteiger partial charge in [-0.15, -0.1) is 0 Å². The predicted molar refractivity (Wildman–Crippen MR) is 79.9 cm³/mol. The standard InChI is InChI=1S/C16H22N2O2/c1-12(2)20-15-10-6-5-9-14(15)11-17-18-16(19)13-7-3-4-8-13/h5-6,9-13H,3-4,7-8H2,1-2H3,(H,18,19)/b17-11-. The summed E-state index contributed by atoms with van der Waals surface area (Å²) in [6, 6.07) is 7.67. The SMILES string of the molecule is CC(C)Oc1ccccc1/C=N\NC(=O)C1CCCC1. The Hall–Kier alpha value is -1.84. The van der Waals surface area contributed by atoms with Gasteiger partial charge in [0.2, 0.25) is 5.91 Å². The third-order valence-corrected chi connectivity index (χ3v) is 3.39. The maximum atomic E-state index is 11.8. The number of hydrazone groups is 1. The average molecular weight is 274 g/mol. The largest absolute Gasteiger partial charge is 0.490 e. The Bertz CT molecular complexity index is 477. The molecule has 1 N–H and O–H groups in total. The summed E-state index contributed by atoms with van der Waals surface area (Å²) in [6.07, 6.45) is 6.00. The van der Waals surface area contributed by atoms with Gasteiger partial charge in [0.05, 0.1) is 12.3 Å². The summed E-state index contributed by atoms with van der Waals surface area (Å²) in [5.74, 6) is 0.941. The molecule has 0 atom stereocenters. The Morgan fingerprint density at radius 1 is 1.35 bits per heavy atom. The van der Waals surface area contributed by atoms with Crippen LogP contribution in [-0.4, -0.2) is 18.2 Å². The van der Waals surface area contributed by atoms with Crippen LogP contribution in [0.5, 0.6) is 5.75 Å². The van der Waals surface area contributed by atoms with Crippen molar-refractivity contribution < 1.29 is 9.53 Å². The van der Waals surface area contributed by atoms with Crippen molar-refractivity contribution in [2.75, 3.05) is 0 Å². The number of rotatable bonds is 5. The quantitative estimate of drug-likeness (QED) is 0.662. The fraction of sp³-hybridized carbons (Fsp3) is 0.500. The Morgan fingerprint density at radius 2 is 2.05 bits per heavy atom.